The average Bonchev–Trinajstić information content (AvgIpc) is 3.08. The smallest absolute Gasteiger partial charge is 0.231 e. The van der Waals surface area contributed by atoms with E-state index in [9.17, 15) is 0 Å². The zero-order valence-corrected chi connectivity index (χ0v) is 11.2. The van der Waals surface area contributed by atoms with E-state index in [1.807, 2.05) is 30.3 Å². The highest BCUT2D eigenvalue weighted by Crippen LogP contribution is 2.34. The molecule has 0 aliphatic heterocycles. The van der Waals surface area contributed by atoms with Gasteiger partial charge in [0.1, 0.15) is 0 Å². The van der Waals surface area contributed by atoms with Crippen molar-refractivity contribution >= 4 is 0 Å². The van der Waals surface area contributed by atoms with Crippen LogP contribution in [-0.2, 0) is 0 Å². The normalized spacial score (nSPS) is 22.8. The van der Waals surface area contributed by atoms with Gasteiger partial charge < -0.3 is 9.84 Å². The maximum Gasteiger partial charge on any atom is 0.231 e. The van der Waals surface area contributed by atoms with Crippen molar-refractivity contribution in [3.8, 4) is 11.4 Å². The van der Waals surface area contributed by atoms with E-state index in [0.29, 0.717) is 17.8 Å². The summed E-state index contributed by atoms with van der Waals surface area (Å²) < 4.78 is 5.48. The molecule has 4 nitrogen and oxygen atoms in total. The van der Waals surface area contributed by atoms with Crippen LogP contribution in [0.1, 0.15) is 38.0 Å². The van der Waals surface area contributed by atoms with E-state index >= 15 is 0 Å². The molecule has 0 spiro atoms. The van der Waals surface area contributed by atoms with Gasteiger partial charge in [0.2, 0.25) is 11.7 Å². The molecule has 2 aromatic rings. The van der Waals surface area contributed by atoms with Crippen molar-refractivity contribution in [3.63, 3.8) is 0 Å². The lowest BCUT2D eigenvalue weighted by atomic mass is 10.0. The summed E-state index contributed by atoms with van der Waals surface area (Å²) in [4.78, 5) is 4.58. The Morgan fingerprint density at radius 3 is 2.89 bits per heavy atom. The molecule has 1 fully saturated rings. The molecule has 100 valence electrons. The lowest BCUT2D eigenvalue weighted by molar-refractivity contribution is 0.332. The van der Waals surface area contributed by atoms with Crippen LogP contribution < -0.4 is 5.32 Å². The van der Waals surface area contributed by atoms with E-state index in [1.54, 1.807) is 0 Å². The number of nitrogens with zero attached hydrogens (tertiary/aromatic N) is 2. The average molecular weight is 257 g/mol. The van der Waals surface area contributed by atoms with Crippen LogP contribution >= 0.6 is 0 Å². The Morgan fingerprint density at radius 2 is 2.11 bits per heavy atom. The molecule has 1 aliphatic carbocycles. The maximum atomic E-state index is 5.48. The zero-order valence-electron chi connectivity index (χ0n) is 11.2. The molecule has 1 N–H and O–H groups in total. The third-order valence-electron chi connectivity index (χ3n) is 3.77. The molecule has 0 radical (unpaired) electrons. The Balaban J connectivity index is 1.81. The van der Waals surface area contributed by atoms with Crippen molar-refractivity contribution in [1.82, 2.24) is 15.5 Å². The predicted molar refractivity (Wildman–Crippen MR) is 73.8 cm³/mol. The topological polar surface area (TPSA) is 51.0 Å². The van der Waals surface area contributed by atoms with Crippen molar-refractivity contribution in [2.75, 3.05) is 6.54 Å². The van der Waals surface area contributed by atoms with Gasteiger partial charge in [0, 0.05) is 11.6 Å². The van der Waals surface area contributed by atoms with Crippen molar-refractivity contribution in [2.45, 2.75) is 38.1 Å². The highest BCUT2D eigenvalue weighted by molar-refractivity contribution is 5.53. The molecule has 2 unspecified atom stereocenters. The second kappa shape index (κ2) is 5.53. The molecule has 19 heavy (non-hydrogen) atoms. The predicted octanol–water partition coefficient (Wildman–Crippen LogP) is 2.98. The lowest BCUT2D eigenvalue weighted by Crippen LogP contribution is -2.31. The maximum absolute atomic E-state index is 5.48. The Kier molecular flexibility index (Phi) is 3.60. The number of benzene rings is 1. The van der Waals surface area contributed by atoms with Crippen LogP contribution in [0.5, 0.6) is 0 Å². The molecule has 0 bridgehead atoms. The fraction of sp³-hybridized carbons (Fsp3) is 0.467. The summed E-state index contributed by atoms with van der Waals surface area (Å²) in [5.74, 6) is 1.84. The summed E-state index contributed by atoms with van der Waals surface area (Å²) in [7, 11) is 0. The van der Waals surface area contributed by atoms with Crippen molar-refractivity contribution in [2.24, 2.45) is 0 Å². The third kappa shape index (κ3) is 2.54. The van der Waals surface area contributed by atoms with Crippen molar-refractivity contribution in [3.05, 3.63) is 36.2 Å². The van der Waals surface area contributed by atoms with Crippen LogP contribution in [0.25, 0.3) is 11.4 Å². The van der Waals surface area contributed by atoms with E-state index in [2.05, 4.69) is 22.4 Å². The van der Waals surface area contributed by atoms with Gasteiger partial charge in [0.15, 0.2) is 0 Å². The number of hydrogen-bond acceptors (Lipinski definition) is 4. The fourth-order valence-corrected chi connectivity index (χ4v) is 2.85. The largest absolute Gasteiger partial charge is 0.339 e. The fourth-order valence-electron chi connectivity index (χ4n) is 2.85. The third-order valence-corrected chi connectivity index (χ3v) is 3.77. The highest BCUT2D eigenvalue weighted by Gasteiger charge is 2.32. The van der Waals surface area contributed by atoms with Crippen LogP contribution in [0.15, 0.2) is 34.9 Å². The van der Waals surface area contributed by atoms with E-state index in [-0.39, 0.29) is 0 Å². The van der Waals surface area contributed by atoms with Crippen LogP contribution in [0.3, 0.4) is 0 Å². The van der Waals surface area contributed by atoms with Gasteiger partial charge in [-0.05, 0) is 19.4 Å². The van der Waals surface area contributed by atoms with Gasteiger partial charge in [0.05, 0.1) is 5.92 Å². The van der Waals surface area contributed by atoms with Gasteiger partial charge in [0.25, 0.3) is 0 Å². The second-order valence-electron chi connectivity index (χ2n) is 5.02. The summed E-state index contributed by atoms with van der Waals surface area (Å²) in [6.07, 6.45) is 3.56. The summed E-state index contributed by atoms with van der Waals surface area (Å²) >= 11 is 0. The molecule has 4 heteroatoms. The molecule has 1 aliphatic rings. The number of likely N-dealkylation sites (N-methyl/N-ethyl adjacent to an activating group) is 1. The van der Waals surface area contributed by atoms with Gasteiger partial charge in [-0.25, -0.2) is 0 Å². The van der Waals surface area contributed by atoms with Crippen LogP contribution in [0, 0.1) is 0 Å². The molecule has 1 aromatic heterocycles. The number of hydrogen-bond donors (Lipinski definition) is 1. The first-order valence-electron chi connectivity index (χ1n) is 7.01. The Bertz CT molecular complexity index is 523. The first-order valence-corrected chi connectivity index (χ1v) is 7.01. The van der Waals surface area contributed by atoms with Crippen molar-refractivity contribution < 1.29 is 4.52 Å². The molecule has 0 amide bonds. The summed E-state index contributed by atoms with van der Waals surface area (Å²) in [6.45, 7) is 3.12. The van der Waals surface area contributed by atoms with Gasteiger partial charge in [-0.2, -0.15) is 4.98 Å². The minimum absolute atomic E-state index is 0.366. The van der Waals surface area contributed by atoms with E-state index in [1.165, 1.54) is 12.8 Å². The van der Waals surface area contributed by atoms with Gasteiger partial charge >= 0.3 is 0 Å². The summed E-state index contributed by atoms with van der Waals surface area (Å²) in [6, 6.07) is 10.5. The second-order valence-corrected chi connectivity index (χ2v) is 5.02. The molecular formula is C15H19N3O. The summed E-state index contributed by atoms with van der Waals surface area (Å²) in [5.41, 5.74) is 1.01. The number of aromatic nitrogens is 2. The van der Waals surface area contributed by atoms with Crippen LogP contribution in [0.2, 0.25) is 0 Å². The zero-order chi connectivity index (χ0) is 13.1. The van der Waals surface area contributed by atoms with Crippen LogP contribution in [0.4, 0.5) is 0 Å². The van der Waals surface area contributed by atoms with Gasteiger partial charge in [-0.1, -0.05) is 48.8 Å². The highest BCUT2D eigenvalue weighted by atomic mass is 16.5. The van der Waals surface area contributed by atoms with Crippen LogP contribution in [-0.4, -0.2) is 22.7 Å². The molecule has 1 heterocycles. The van der Waals surface area contributed by atoms with E-state index < -0.39 is 0 Å². The molecule has 3 rings (SSSR count). The van der Waals surface area contributed by atoms with Gasteiger partial charge in [-0.3, -0.25) is 0 Å². The molecule has 2 atom stereocenters. The Hall–Kier alpha value is -1.68. The first kappa shape index (κ1) is 12.4. The van der Waals surface area contributed by atoms with Crippen molar-refractivity contribution in [1.29, 1.82) is 0 Å². The van der Waals surface area contributed by atoms with E-state index in [4.69, 9.17) is 4.52 Å². The monoisotopic (exact) mass is 257 g/mol. The van der Waals surface area contributed by atoms with E-state index in [0.717, 1.165) is 24.4 Å². The number of nitrogens with one attached hydrogen (secondary N) is 1. The molecule has 0 saturated heterocycles. The minimum atomic E-state index is 0.366. The number of rotatable bonds is 4. The molecular weight excluding hydrogens is 238 g/mol. The standard InChI is InChI=1S/C15H19N3O/c1-2-16-13-10-6-9-12(13)15-17-14(18-19-15)11-7-4-3-5-8-11/h3-5,7-8,12-13,16H,2,6,9-10H2,1H3. The van der Waals surface area contributed by atoms with Gasteiger partial charge in [-0.15, -0.1) is 0 Å². The Morgan fingerprint density at radius 1 is 1.26 bits per heavy atom. The SMILES string of the molecule is CCNC1CCCC1c1nc(-c2ccccc2)no1. The summed E-state index contributed by atoms with van der Waals surface area (Å²) in [5, 5.41) is 7.63. The minimum Gasteiger partial charge on any atom is -0.339 e. The molecule has 1 saturated carbocycles. The lowest BCUT2D eigenvalue weighted by Gasteiger charge is -2.16. The first-order chi connectivity index (χ1) is 9.38. The molecule has 1 aromatic carbocycles. The quantitative estimate of drug-likeness (QED) is 0.914. The Labute approximate surface area is 113 Å².